The van der Waals surface area contributed by atoms with E-state index in [4.69, 9.17) is 4.74 Å². The van der Waals surface area contributed by atoms with Crippen LogP contribution in [0.4, 0.5) is 4.79 Å². The van der Waals surface area contributed by atoms with Crippen molar-refractivity contribution in [1.82, 2.24) is 5.32 Å². The molecule has 4 aliphatic rings. The number of carbonyl (C=O) groups is 2. The lowest BCUT2D eigenvalue weighted by Gasteiger charge is -2.55. The summed E-state index contributed by atoms with van der Waals surface area (Å²) in [4.78, 5) is 24.7. The zero-order chi connectivity index (χ0) is 16.6. The van der Waals surface area contributed by atoms with Crippen LogP contribution < -0.4 is 5.32 Å². The van der Waals surface area contributed by atoms with E-state index in [-0.39, 0.29) is 24.3 Å². The Hall–Kier alpha value is -1.84. The molecule has 1 aromatic carbocycles. The number of ether oxygens (including phenoxy) is 1. The lowest BCUT2D eigenvalue weighted by Crippen LogP contribution is -2.52. The molecule has 1 N–H and O–H groups in total. The standard InChI is InChI=1S/C20H25NO3/c22-18(12-21-19(23)24-13-14-4-2-1-3-5-14)20-9-15-6-16(10-20)8-17(7-15)11-20/h1-5,15-17H,6-13H2,(H,21,23). The Morgan fingerprint density at radius 2 is 1.58 bits per heavy atom. The zero-order valence-corrected chi connectivity index (χ0v) is 14.0. The topological polar surface area (TPSA) is 55.4 Å². The van der Waals surface area contributed by atoms with E-state index in [1.807, 2.05) is 30.3 Å². The number of amides is 1. The zero-order valence-electron chi connectivity index (χ0n) is 14.0. The lowest BCUT2D eigenvalue weighted by atomic mass is 9.48. The van der Waals surface area contributed by atoms with E-state index in [1.165, 1.54) is 19.3 Å². The summed E-state index contributed by atoms with van der Waals surface area (Å²) in [6, 6.07) is 9.57. The minimum absolute atomic E-state index is 0.111. The van der Waals surface area contributed by atoms with Crippen LogP contribution in [0, 0.1) is 23.2 Å². The molecule has 4 fully saturated rings. The van der Waals surface area contributed by atoms with Gasteiger partial charge in [0.25, 0.3) is 0 Å². The van der Waals surface area contributed by atoms with E-state index < -0.39 is 6.09 Å². The van der Waals surface area contributed by atoms with Gasteiger partial charge in [-0.3, -0.25) is 4.79 Å². The van der Waals surface area contributed by atoms with Crippen molar-refractivity contribution in [2.24, 2.45) is 23.2 Å². The third-order valence-electron chi connectivity index (χ3n) is 6.24. The SMILES string of the molecule is O=C(NCC(=O)C12CC3CC(CC(C3)C1)C2)OCc1ccccc1. The number of Topliss-reactive ketones (excluding diaryl/α,β-unsaturated/α-hetero) is 1. The van der Waals surface area contributed by atoms with Gasteiger partial charge in [-0.2, -0.15) is 0 Å². The number of carbonyl (C=O) groups excluding carboxylic acids is 2. The van der Waals surface area contributed by atoms with Crippen LogP contribution in [0.2, 0.25) is 0 Å². The number of rotatable bonds is 5. The molecule has 1 amide bonds. The second kappa shape index (κ2) is 6.23. The minimum Gasteiger partial charge on any atom is -0.445 e. The van der Waals surface area contributed by atoms with E-state index in [2.05, 4.69) is 5.32 Å². The van der Waals surface area contributed by atoms with Gasteiger partial charge in [0.05, 0.1) is 6.54 Å². The highest BCUT2D eigenvalue weighted by Gasteiger charge is 2.54. The Kier molecular flexibility index (Phi) is 4.07. The van der Waals surface area contributed by atoms with Gasteiger partial charge in [-0.15, -0.1) is 0 Å². The van der Waals surface area contributed by atoms with E-state index in [1.54, 1.807) is 0 Å². The van der Waals surface area contributed by atoms with Crippen molar-refractivity contribution in [2.75, 3.05) is 6.54 Å². The van der Waals surface area contributed by atoms with Crippen molar-refractivity contribution in [3.8, 4) is 0 Å². The van der Waals surface area contributed by atoms with E-state index in [0.29, 0.717) is 0 Å². The lowest BCUT2D eigenvalue weighted by molar-refractivity contribution is -0.142. The molecular formula is C20H25NO3. The summed E-state index contributed by atoms with van der Waals surface area (Å²) in [6.07, 6.45) is 6.57. The third-order valence-corrected chi connectivity index (χ3v) is 6.24. The minimum atomic E-state index is -0.503. The van der Waals surface area contributed by atoms with E-state index in [9.17, 15) is 9.59 Å². The monoisotopic (exact) mass is 327 g/mol. The highest BCUT2D eigenvalue weighted by atomic mass is 16.5. The van der Waals surface area contributed by atoms with Gasteiger partial charge in [-0.1, -0.05) is 30.3 Å². The average molecular weight is 327 g/mol. The van der Waals surface area contributed by atoms with Crippen molar-refractivity contribution in [1.29, 1.82) is 0 Å². The number of ketones is 1. The number of benzene rings is 1. The highest BCUT2D eigenvalue weighted by Crippen LogP contribution is 2.60. The summed E-state index contributed by atoms with van der Waals surface area (Å²) in [5, 5.41) is 2.67. The van der Waals surface area contributed by atoms with Gasteiger partial charge in [0.15, 0.2) is 5.78 Å². The molecule has 0 saturated heterocycles. The molecule has 0 atom stereocenters. The summed E-state index contributed by atoms with van der Waals surface area (Å²) in [6.45, 7) is 0.345. The maximum absolute atomic E-state index is 12.8. The molecular weight excluding hydrogens is 302 g/mol. The first-order chi connectivity index (χ1) is 11.6. The average Bonchev–Trinajstić information content (AvgIpc) is 2.57. The molecule has 0 unspecified atom stereocenters. The number of hydrogen-bond acceptors (Lipinski definition) is 3. The van der Waals surface area contributed by atoms with Gasteiger partial charge in [-0.05, 0) is 61.8 Å². The molecule has 0 heterocycles. The van der Waals surface area contributed by atoms with Crippen molar-refractivity contribution >= 4 is 11.9 Å². The Bertz CT molecular complexity index is 590. The maximum Gasteiger partial charge on any atom is 0.407 e. The predicted octanol–water partition coefficient (Wildman–Crippen LogP) is 3.70. The van der Waals surface area contributed by atoms with Gasteiger partial charge < -0.3 is 10.1 Å². The molecule has 24 heavy (non-hydrogen) atoms. The van der Waals surface area contributed by atoms with Crippen LogP contribution in [0.3, 0.4) is 0 Å². The summed E-state index contributed by atoms with van der Waals surface area (Å²) in [5.74, 6) is 2.44. The summed E-state index contributed by atoms with van der Waals surface area (Å²) < 4.78 is 5.20. The molecule has 4 heteroatoms. The number of hydrogen-bond donors (Lipinski definition) is 1. The van der Waals surface area contributed by atoms with Gasteiger partial charge in [0.1, 0.15) is 6.61 Å². The largest absolute Gasteiger partial charge is 0.445 e. The summed E-state index contributed by atoms with van der Waals surface area (Å²) in [5.41, 5.74) is 0.793. The normalized spacial score (nSPS) is 33.2. The van der Waals surface area contributed by atoms with Crippen LogP contribution in [-0.2, 0) is 16.1 Å². The summed E-state index contributed by atoms with van der Waals surface area (Å²) >= 11 is 0. The highest BCUT2D eigenvalue weighted by molar-refractivity contribution is 5.89. The molecule has 128 valence electrons. The fourth-order valence-corrected chi connectivity index (χ4v) is 5.57. The number of nitrogens with one attached hydrogen (secondary N) is 1. The molecule has 0 radical (unpaired) electrons. The third kappa shape index (κ3) is 3.06. The molecule has 4 aliphatic carbocycles. The van der Waals surface area contributed by atoms with Crippen LogP contribution in [0.15, 0.2) is 30.3 Å². The van der Waals surface area contributed by atoms with E-state index >= 15 is 0 Å². The molecule has 0 aromatic heterocycles. The van der Waals surface area contributed by atoms with E-state index in [0.717, 1.165) is 42.6 Å². The molecule has 0 aliphatic heterocycles. The fourth-order valence-electron chi connectivity index (χ4n) is 5.57. The maximum atomic E-state index is 12.8. The summed E-state index contributed by atoms with van der Waals surface area (Å²) in [7, 11) is 0. The Balaban J connectivity index is 1.28. The molecule has 1 aromatic rings. The van der Waals surface area contributed by atoms with Crippen LogP contribution >= 0.6 is 0 Å². The number of alkyl carbamates (subject to hydrolysis) is 1. The first-order valence-electron chi connectivity index (χ1n) is 9.11. The first kappa shape index (κ1) is 15.7. The van der Waals surface area contributed by atoms with Gasteiger partial charge in [0, 0.05) is 5.41 Å². The quantitative estimate of drug-likeness (QED) is 0.897. The molecule has 0 spiro atoms. The van der Waals surface area contributed by atoms with Gasteiger partial charge >= 0.3 is 6.09 Å². The predicted molar refractivity (Wildman–Crippen MR) is 90.2 cm³/mol. The Morgan fingerprint density at radius 1 is 1.00 bits per heavy atom. The Labute approximate surface area is 143 Å². The second-order valence-electron chi connectivity index (χ2n) is 8.04. The smallest absolute Gasteiger partial charge is 0.407 e. The van der Waals surface area contributed by atoms with Crippen LogP contribution in [0.1, 0.15) is 44.1 Å². The van der Waals surface area contributed by atoms with Crippen LogP contribution in [0.5, 0.6) is 0 Å². The van der Waals surface area contributed by atoms with Crippen LogP contribution in [0.25, 0.3) is 0 Å². The molecule has 4 nitrogen and oxygen atoms in total. The fraction of sp³-hybridized carbons (Fsp3) is 0.600. The van der Waals surface area contributed by atoms with Gasteiger partial charge in [-0.25, -0.2) is 4.79 Å². The van der Waals surface area contributed by atoms with Crippen molar-refractivity contribution < 1.29 is 14.3 Å². The van der Waals surface area contributed by atoms with Gasteiger partial charge in [0.2, 0.25) is 0 Å². The molecule has 4 saturated carbocycles. The Morgan fingerprint density at radius 3 is 2.17 bits per heavy atom. The van der Waals surface area contributed by atoms with Crippen molar-refractivity contribution in [3.63, 3.8) is 0 Å². The van der Waals surface area contributed by atoms with Crippen LogP contribution in [-0.4, -0.2) is 18.4 Å². The molecule has 4 bridgehead atoms. The van der Waals surface area contributed by atoms with Crippen molar-refractivity contribution in [2.45, 2.75) is 45.1 Å². The first-order valence-corrected chi connectivity index (χ1v) is 9.11. The molecule has 5 rings (SSSR count). The van der Waals surface area contributed by atoms with Crippen molar-refractivity contribution in [3.05, 3.63) is 35.9 Å². The second-order valence-corrected chi connectivity index (χ2v) is 8.04.